The zero-order valence-corrected chi connectivity index (χ0v) is 6.71. The molecule has 0 atom stereocenters. The fourth-order valence-electron chi connectivity index (χ4n) is 1.03. The number of nitrogens with zero attached hydrogens (tertiary/aromatic N) is 3. The fourth-order valence-corrected chi connectivity index (χ4v) is 1.34. The smallest absolute Gasteiger partial charge is 0.179 e. The number of rotatable bonds is 0. The second kappa shape index (κ2) is 2.20. The van der Waals surface area contributed by atoms with Crippen LogP contribution in [-0.2, 0) is 0 Å². The molecule has 0 saturated heterocycles. The van der Waals surface area contributed by atoms with Gasteiger partial charge in [0.25, 0.3) is 0 Å². The maximum absolute atomic E-state index is 5.88. The molecule has 0 fully saturated rings. The zero-order chi connectivity index (χ0) is 7.84. The van der Waals surface area contributed by atoms with E-state index in [-0.39, 0.29) is 0 Å². The SMILES string of the molecule is Cc1cc(Cl)c2nncn2c1. The first kappa shape index (κ1) is 6.61. The van der Waals surface area contributed by atoms with Gasteiger partial charge in [-0.2, -0.15) is 0 Å². The Balaban J connectivity index is 2.91. The van der Waals surface area contributed by atoms with Gasteiger partial charge in [-0.25, -0.2) is 0 Å². The van der Waals surface area contributed by atoms with Gasteiger partial charge in [0.1, 0.15) is 6.33 Å². The van der Waals surface area contributed by atoms with Gasteiger partial charge in [-0.3, -0.25) is 4.40 Å². The lowest BCUT2D eigenvalue weighted by atomic mass is 10.3. The highest BCUT2D eigenvalue weighted by Gasteiger charge is 2.00. The Bertz CT molecular complexity index is 393. The van der Waals surface area contributed by atoms with Crippen LogP contribution in [0, 0.1) is 6.92 Å². The molecule has 0 aliphatic carbocycles. The number of aromatic nitrogens is 3. The topological polar surface area (TPSA) is 30.2 Å². The zero-order valence-electron chi connectivity index (χ0n) is 5.95. The Morgan fingerprint density at radius 2 is 2.36 bits per heavy atom. The van der Waals surface area contributed by atoms with E-state index in [1.165, 1.54) is 0 Å². The van der Waals surface area contributed by atoms with Crippen LogP contribution in [0.4, 0.5) is 0 Å². The molecule has 0 saturated carbocycles. The quantitative estimate of drug-likeness (QED) is 0.598. The predicted octanol–water partition coefficient (Wildman–Crippen LogP) is 1.69. The lowest BCUT2D eigenvalue weighted by molar-refractivity contribution is 1.10. The van der Waals surface area contributed by atoms with E-state index < -0.39 is 0 Å². The summed E-state index contributed by atoms with van der Waals surface area (Å²) in [5.74, 6) is 0. The van der Waals surface area contributed by atoms with Crippen molar-refractivity contribution < 1.29 is 0 Å². The summed E-state index contributed by atoms with van der Waals surface area (Å²) in [5.41, 5.74) is 1.81. The molecular formula is C7H6ClN3. The third-order valence-corrected chi connectivity index (χ3v) is 1.76. The largest absolute Gasteiger partial charge is 0.288 e. The molecule has 2 aromatic heterocycles. The van der Waals surface area contributed by atoms with Crippen LogP contribution < -0.4 is 0 Å². The maximum atomic E-state index is 5.88. The van der Waals surface area contributed by atoms with E-state index in [1.54, 1.807) is 10.7 Å². The van der Waals surface area contributed by atoms with Crippen molar-refractivity contribution >= 4 is 17.2 Å². The van der Waals surface area contributed by atoms with E-state index in [0.29, 0.717) is 10.7 Å². The average molecular weight is 168 g/mol. The van der Waals surface area contributed by atoms with Crippen LogP contribution in [0.25, 0.3) is 5.65 Å². The van der Waals surface area contributed by atoms with Gasteiger partial charge in [0.2, 0.25) is 0 Å². The standard InChI is InChI=1S/C7H6ClN3/c1-5-2-6(8)7-10-9-4-11(7)3-5/h2-4H,1H3. The Morgan fingerprint density at radius 1 is 1.55 bits per heavy atom. The Morgan fingerprint density at radius 3 is 3.18 bits per heavy atom. The van der Waals surface area contributed by atoms with Crippen molar-refractivity contribution in [2.75, 3.05) is 0 Å². The minimum Gasteiger partial charge on any atom is -0.288 e. The van der Waals surface area contributed by atoms with Crippen LogP contribution in [0.1, 0.15) is 5.56 Å². The lowest BCUT2D eigenvalue weighted by Crippen LogP contribution is -1.85. The third-order valence-electron chi connectivity index (χ3n) is 1.48. The molecule has 0 spiro atoms. The maximum Gasteiger partial charge on any atom is 0.179 e. The van der Waals surface area contributed by atoms with Crippen LogP contribution in [0.15, 0.2) is 18.6 Å². The van der Waals surface area contributed by atoms with E-state index in [9.17, 15) is 0 Å². The van der Waals surface area contributed by atoms with Gasteiger partial charge < -0.3 is 0 Å². The number of aryl methyl sites for hydroxylation is 1. The van der Waals surface area contributed by atoms with Gasteiger partial charge in [0.05, 0.1) is 5.02 Å². The molecule has 0 aromatic carbocycles. The van der Waals surface area contributed by atoms with Gasteiger partial charge in [0, 0.05) is 6.20 Å². The number of hydrogen-bond donors (Lipinski definition) is 0. The van der Waals surface area contributed by atoms with Crippen molar-refractivity contribution in [3.63, 3.8) is 0 Å². The van der Waals surface area contributed by atoms with Crippen LogP contribution >= 0.6 is 11.6 Å². The molecule has 0 N–H and O–H groups in total. The molecule has 2 aromatic rings. The van der Waals surface area contributed by atoms with Crippen molar-refractivity contribution in [2.45, 2.75) is 6.92 Å². The first-order chi connectivity index (χ1) is 5.27. The summed E-state index contributed by atoms with van der Waals surface area (Å²) in [4.78, 5) is 0. The first-order valence-electron chi connectivity index (χ1n) is 3.23. The van der Waals surface area contributed by atoms with Crippen molar-refractivity contribution in [1.82, 2.24) is 14.6 Å². The molecule has 2 rings (SSSR count). The van der Waals surface area contributed by atoms with Gasteiger partial charge in [-0.05, 0) is 18.6 Å². The number of halogens is 1. The molecule has 3 nitrogen and oxygen atoms in total. The van der Waals surface area contributed by atoms with Crippen LogP contribution in [0.2, 0.25) is 5.02 Å². The predicted molar refractivity (Wildman–Crippen MR) is 42.7 cm³/mol. The summed E-state index contributed by atoms with van der Waals surface area (Å²) in [6.07, 6.45) is 3.56. The van der Waals surface area contributed by atoms with Crippen molar-refractivity contribution in [1.29, 1.82) is 0 Å². The molecule has 0 radical (unpaired) electrons. The van der Waals surface area contributed by atoms with Gasteiger partial charge in [-0.15, -0.1) is 10.2 Å². The Kier molecular flexibility index (Phi) is 1.32. The second-order valence-corrected chi connectivity index (χ2v) is 2.83. The summed E-state index contributed by atoms with van der Waals surface area (Å²) >= 11 is 5.88. The summed E-state index contributed by atoms with van der Waals surface area (Å²) in [6, 6.07) is 1.87. The highest BCUT2D eigenvalue weighted by Crippen LogP contribution is 2.15. The Hall–Kier alpha value is -1.09. The molecule has 2 heterocycles. The highest BCUT2D eigenvalue weighted by molar-refractivity contribution is 6.33. The van der Waals surface area contributed by atoms with Crippen molar-refractivity contribution in [3.05, 3.63) is 29.2 Å². The monoisotopic (exact) mass is 167 g/mol. The highest BCUT2D eigenvalue weighted by atomic mass is 35.5. The molecule has 11 heavy (non-hydrogen) atoms. The van der Waals surface area contributed by atoms with Gasteiger partial charge in [0.15, 0.2) is 5.65 Å². The molecule has 0 bridgehead atoms. The van der Waals surface area contributed by atoms with E-state index in [2.05, 4.69) is 10.2 Å². The van der Waals surface area contributed by atoms with Crippen LogP contribution in [-0.4, -0.2) is 14.6 Å². The molecule has 0 aliphatic heterocycles. The molecule has 0 amide bonds. The normalized spacial score (nSPS) is 10.7. The third kappa shape index (κ3) is 0.973. The molecule has 56 valence electrons. The van der Waals surface area contributed by atoms with E-state index in [0.717, 1.165) is 5.56 Å². The van der Waals surface area contributed by atoms with Crippen LogP contribution in [0.5, 0.6) is 0 Å². The lowest BCUT2D eigenvalue weighted by Gasteiger charge is -1.95. The van der Waals surface area contributed by atoms with E-state index in [4.69, 9.17) is 11.6 Å². The van der Waals surface area contributed by atoms with Gasteiger partial charge in [-0.1, -0.05) is 11.6 Å². The number of fused-ring (bicyclic) bond motifs is 1. The fraction of sp³-hybridized carbons (Fsp3) is 0.143. The average Bonchev–Trinajstić information content (AvgIpc) is 2.34. The summed E-state index contributed by atoms with van der Waals surface area (Å²) in [5, 5.41) is 8.21. The van der Waals surface area contributed by atoms with Crippen molar-refractivity contribution in [2.24, 2.45) is 0 Å². The number of pyridine rings is 1. The van der Waals surface area contributed by atoms with E-state index >= 15 is 0 Å². The summed E-state index contributed by atoms with van der Waals surface area (Å²) < 4.78 is 1.80. The van der Waals surface area contributed by atoms with E-state index in [1.807, 2.05) is 19.2 Å². The van der Waals surface area contributed by atoms with Crippen LogP contribution in [0.3, 0.4) is 0 Å². The summed E-state index contributed by atoms with van der Waals surface area (Å²) in [7, 11) is 0. The van der Waals surface area contributed by atoms with Gasteiger partial charge >= 0.3 is 0 Å². The minimum absolute atomic E-state index is 0.641. The minimum atomic E-state index is 0.641. The second-order valence-electron chi connectivity index (χ2n) is 2.43. The van der Waals surface area contributed by atoms with Crippen molar-refractivity contribution in [3.8, 4) is 0 Å². The summed E-state index contributed by atoms with van der Waals surface area (Å²) in [6.45, 7) is 1.98. The molecular weight excluding hydrogens is 162 g/mol. The Labute approximate surface area is 68.6 Å². The first-order valence-corrected chi connectivity index (χ1v) is 3.60. The number of hydrogen-bond acceptors (Lipinski definition) is 2. The molecule has 4 heteroatoms. The molecule has 0 unspecified atom stereocenters. The molecule has 0 aliphatic rings.